The van der Waals surface area contributed by atoms with Crippen molar-refractivity contribution in [2.24, 2.45) is 5.10 Å². The number of fused-ring (bicyclic) bond motifs is 1. The van der Waals surface area contributed by atoms with Crippen LogP contribution in [-0.2, 0) is 16.0 Å². The highest BCUT2D eigenvalue weighted by atomic mass is 79.9. The van der Waals surface area contributed by atoms with E-state index in [0.717, 1.165) is 16.5 Å². The Balaban J connectivity index is 1.69. The molecule has 0 spiro atoms. The molecule has 0 unspecified atom stereocenters. The summed E-state index contributed by atoms with van der Waals surface area (Å²) in [5.41, 5.74) is 1.88. The molecule has 1 atom stereocenters. The van der Waals surface area contributed by atoms with Gasteiger partial charge in [0.15, 0.2) is 18.1 Å². The fraction of sp³-hybridized carbons (Fsp3) is 0.379. The molecule has 3 aromatic rings. The first-order valence-electron chi connectivity index (χ1n) is 12.9. The van der Waals surface area contributed by atoms with Crippen molar-refractivity contribution >= 4 is 39.0 Å². The fourth-order valence-corrected chi connectivity index (χ4v) is 4.68. The zero-order valence-electron chi connectivity index (χ0n) is 22.5. The van der Waals surface area contributed by atoms with E-state index in [1.165, 1.54) is 4.68 Å². The van der Waals surface area contributed by atoms with Crippen LogP contribution < -0.4 is 15.0 Å². The number of ether oxygens (including phenoxy) is 3. The van der Waals surface area contributed by atoms with Gasteiger partial charge in [0.1, 0.15) is 5.82 Å². The number of nitrogens with zero attached hydrogens (tertiary/aromatic N) is 4. The van der Waals surface area contributed by atoms with E-state index in [1.807, 2.05) is 32.0 Å². The lowest BCUT2D eigenvalue weighted by molar-refractivity contribution is -0.137. The molecule has 0 N–H and O–H groups in total. The van der Waals surface area contributed by atoms with Crippen LogP contribution in [0, 0.1) is 0 Å². The SMILES string of the molecule is C=CCc1cc(C=Nn2c([C@@H](C)CC)nc3ccc(Br)cc3c2=O)cc(OC)c1OCC(=O)N1CCOCC1. The summed E-state index contributed by atoms with van der Waals surface area (Å²) in [5.74, 6) is 1.44. The Morgan fingerprint density at radius 3 is 2.74 bits per heavy atom. The number of halogens is 1. The fourth-order valence-electron chi connectivity index (χ4n) is 4.32. The van der Waals surface area contributed by atoms with E-state index < -0.39 is 0 Å². The van der Waals surface area contributed by atoms with Gasteiger partial charge in [-0.25, -0.2) is 4.98 Å². The van der Waals surface area contributed by atoms with E-state index in [1.54, 1.807) is 36.4 Å². The summed E-state index contributed by atoms with van der Waals surface area (Å²) in [6.07, 6.45) is 4.65. The van der Waals surface area contributed by atoms with Crippen LogP contribution in [0.5, 0.6) is 11.5 Å². The molecule has 1 aliphatic heterocycles. The molecule has 1 saturated heterocycles. The van der Waals surface area contributed by atoms with Crippen LogP contribution in [-0.4, -0.2) is 66.7 Å². The van der Waals surface area contributed by atoms with Crippen LogP contribution in [0.2, 0.25) is 0 Å². The molecule has 2 aromatic carbocycles. The van der Waals surface area contributed by atoms with E-state index in [4.69, 9.17) is 19.2 Å². The number of hydrogen-bond donors (Lipinski definition) is 0. The lowest BCUT2D eigenvalue weighted by atomic mass is 10.1. The molecule has 10 heteroatoms. The molecule has 1 aliphatic rings. The van der Waals surface area contributed by atoms with Crippen molar-refractivity contribution in [1.82, 2.24) is 14.6 Å². The summed E-state index contributed by atoms with van der Waals surface area (Å²) in [5, 5.41) is 5.05. The predicted molar refractivity (Wildman–Crippen MR) is 155 cm³/mol. The molecule has 39 heavy (non-hydrogen) atoms. The third kappa shape index (κ3) is 6.57. The monoisotopic (exact) mass is 596 g/mol. The summed E-state index contributed by atoms with van der Waals surface area (Å²) in [6.45, 7) is 9.96. The Morgan fingerprint density at radius 1 is 1.28 bits per heavy atom. The standard InChI is InChI=1S/C29H33BrN4O5/c1-5-7-21-14-20(15-25(37-4)27(21)39-18-26(35)33-10-12-38-13-11-33)17-31-34-28(19(3)6-2)32-24-9-8-22(30)16-23(24)29(34)36/h5,8-9,14-17,19H,1,6-7,10-13,18H2,2-4H3/t19-/m0/s1. The molecule has 1 amide bonds. The summed E-state index contributed by atoms with van der Waals surface area (Å²) in [6, 6.07) is 9.11. The first-order valence-corrected chi connectivity index (χ1v) is 13.7. The van der Waals surface area contributed by atoms with Gasteiger partial charge in [-0.1, -0.05) is 35.9 Å². The van der Waals surface area contributed by atoms with Crippen molar-refractivity contribution < 1.29 is 19.0 Å². The number of carbonyl (C=O) groups excluding carboxylic acids is 1. The molecule has 0 aliphatic carbocycles. The Bertz CT molecular complexity index is 1450. The highest BCUT2D eigenvalue weighted by Gasteiger charge is 2.20. The molecular weight excluding hydrogens is 564 g/mol. The number of aromatic nitrogens is 2. The normalized spacial score (nSPS) is 14.5. The third-order valence-corrected chi connectivity index (χ3v) is 7.14. The molecule has 1 aromatic heterocycles. The van der Waals surface area contributed by atoms with Gasteiger partial charge in [-0.2, -0.15) is 9.78 Å². The molecule has 0 saturated carbocycles. The van der Waals surface area contributed by atoms with Gasteiger partial charge in [-0.15, -0.1) is 6.58 Å². The second-order valence-corrected chi connectivity index (χ2v) is 10.2. The average Bonchev–Trinajstić information content (AvgIpc) is 2.96. The van der Waals surface area contributed by atoms with Crippen molar-refractivity contribution in [3.05, 3.63) is 74.8 Å². The first kappa shape index (κ1) is 28.5. The van der Waals surface area contributed by atoms with Gasteiger partial charge >= 0.3 is 0 Å². The largest absolute Gasteiger partial charge is 0.493 e. The predicted octanol–water partition coefficient (Wildman–Crippen LogP) is 4.53. The minimum absolute atomic E-state index is 0.0218. The molecular formula is C29H33BrN4O5. The van der Waals surface area contributed by atoms with E-state index in [9.17, 15) is 9.59 Å². The molecule has 206 valence electrons. The summed E-state index contributed by atoms with van der Waals surface area (Å²) >= 11 is 3.44. The van der Waals surface area contributed by atoms with Crippen LogP contribution in [0.3, 0.4) is 0 Å². The minimum atomic E-state index is -0.243. The van der Waals surface area contributed by atoms with Crippen LogP contribution in [0.25, 0.3) is 10.9 Å². The summed E-state index contributed by atoms with van der Waals surface area (Å²) in [4.78, 5) is 32.6. The average molecular weight is 598 g/mol. The first-order chi connectivity index (χ1) is 18.9. The van der Waals surface area contributed by atoms with Crippen molar-refractivity contribution in [2.75, 3.05) is 40.0 Å². The van der Waals surface area contributed by atoms with Gasteiger partial charge in [-0.05, 0) is 48.7 Å². The minimum Gasteiger partial charge on any atom is -0.493 e. The number of amides is 1. The van der Waals surface area contributed by atoms with Gasteiger partial charge in [0.05, 0.1) is 37.4 Å². The Morgan fingerprint density at radius 2 is 2.05 bits per heavy atom. The number of morpholine rings is 1. The topological polar surface area (TPSA) is 95.2 Å². The number of methoxy groups -OCH3 is 1. The smallest absolute Gasteiger partial charge is 0.282 e. The molecule has 1 fully saturated rings. The number of allylic oxidation sites excluding steroid dienone is 1. The number of benzene rings is 2. The quantitative estimate of drug-likeness (QED) is 0.252. The number of carbonyl (C=O) groups is 1. The third-order valence-electron chi connectivity index (χ3n) is 6.65. The Kier molecular flexibility index (Phi) is 9.53. The molecule has 0 radical (unpaired) electrons. The van der Waals surface area contributed by atoms with E-state index in [2.05, 4.69) is 27.6 Å². The maximum absolute atomic E-state index is 13.5. The molecule has 9 nitrogen and oxygen atoms in total. The Labute approximate surface area is 236 Å². The van der Waals surface area contributed by atoms with E-state index >= 15 is 0 Å². The van der Waals surface area contributed by atoms with Crippen LogP contribution >= 0.6 is 15.9 Å². The number of hydrogen-bond acceptors (Lipinski definition) is 7. The highest BCUT2D eigenvalue weighted by Crippen LogP contribution is 2.33. The van der Waals surface area contributed by atoms with E-state index in [0.29, 0.717) is 66.5 Å². The van der Waals surface area contributed by atoms with E-state index in [-0.39, 0.29) is 24.0 Å². The number of rotatable bonds is 10. The second kappa shape index (κ2) is 13.0. The lowest BCUT2D eigenvalue weighted by Crippen LogP contribution is -2.43. The van der Waals surface area contributed by atoms with Gasteiger partial charge in [-0.3, -0.25) is 9.59 Å². The van der Waals surface area contributed by atoms with Crippen LogP contribution in [0.15, 0.2) is 57.4 Å². The second-order valence-electron chi connectivity index (χ2n) is 9.29. The van der Waals surface area contributed by atoms with Gasteiger partial charge < -0.3 is 19.1 Å². The van der Waals surface area contributed by atoms with Gasteiger partial charge in [0, 0.05) is 29.0 Å². The summed E-state index contributed by atoms with van der Waals surface area (Å²) < 4.78 is 19.1. The molecule has 2 heterocycles. The zero-order chi connectivity index (χ0) is 27.9. The highest BCUT2D eigenvalue weighted by molar-refractivity contribution is 9.10. The molecule has 0 bridgehead atoms. The van der Waals surface area contributed by atoms with Gasteiger partial charge in [0.2, 0.25) is 0 Å². The van der Waals surface area contributed by atoms with Crippen molar-refractivity contribution in [1.29, 1.82) is 0 Å². The Hall–Kier alpha value is -3.50. The molecule has 4 rings (SSSR count). The van der Waals surface area contributed by atoms with Crippen molar-refractivity contribution in [3.63, 3.8) is 0 Å². The maximum Gasteiger partial charge on any atom is 0.282 e. The van der Waals surface area contributed by atoms with Crippen LogP contribution in [0.4, 0.5) is 0 Å². The van der Waals surface area contributed by atoms with Crippen molar-refractivity contribution in [2.45, 2.75) is 32.6 Å². The zero-order valence-corrected chi connectivity index (χ0v) is 24.1. The maximum atomic E-state index is 13.5. The van der Waals surface area contributed by atoms with Crippen molar-refractivity contribution in [3.8, 4) is 11.5 Å². The summed E-state index contributed by atoms with van der Waals surface area (Å²) in [7, 11) is 1.54. The van der Waals surface area contributed by atoms with Crippen LogP contribution in [0.1, 0.15) is 43.1 Å². The lowest BCUT2D eigenvalue weighted by Gasteiger charge is -2.27. The van der Waals surface area contributed by atoms with Gasteiger partial charge in [0.25, 0.3) is 11.5 Å².